The number of amides is 1. The Hall–Kier alpha value is -2.08. The van der Waals surface area contributed by atoms with Crippen molar-refractivity contribution in [3.05, 3.63) is 23.3 Å². The number of nitrogens with two attached hydrogens (primary N) is 1. The van der Waals surface area contributed by atoms with E-state index in [1.54, 1.807) is 9.80 Å². The van der Waals surface area contributed by atoms with Gasteiger partial charge in [-0.15, -0.1) is 0 Å². The lowest BCUT2D eigenvalue weighted by atomic mass is 10.1. The molecule has 108 valence electrons. The molecule has 1 aromatic rings. The average Bonchev–Trinajstić information content (AvgIpc) is 2.63. The number of carbonyl (C=O) groups excluding carboxylic acids is 2. The van der Waals surface area contributed by atoms with Gasteiger partial charge in [0.05, 0.1) is 31.1 Å². The summed E-state index contributed by atoms with van der Waals surface area (Å²) in [6, 6.07) is 3.96. The second-order valence-corrected chi connectivity index (χ2v) is 5.03. The first-order chi connectivity index (χ1) is 9.49. The molecule has 0 saturated carbocycles. The van der Waals surface area contributed by atoms with Crippen molar-refractivity contribution in [1.29, 1.82) is 0 Å². The normalized spacial score (nSPS) is 17.2. The third kappa shape index (κ3) is 2.34. The number of aliphatic hydroxyl groups excluding tert-OH is 1. The molecule has 3 N–H and O–H groups in total. The van der Waals surface area contributed by atoms with Crippen LogP contribution in [0.5, 0.6) is 0 Å². The van der Waals surface area contributed by atoms with Crippen molar-refractivity contribution in [3.63, 3.8) is 0 Å². The maximum Gasteiger partial charge on any atom is 0.237 e. The van der Waals surface area contributed by atoms with E-state index in [0.717, 1.165) is 28.8 Å². The van der Waals surface area contributed by atoms with Crippen molar-refractivity contribution in [3.8, 4) is 0 Å². The predicted octanol–water partition coefficient (Wildman–Crippen LogP) is -0.0676. The Labute approximate surface area is 117 Å². The number of fused-ring (bicyclic) bond motifs is 1. The summed E-state index contributed by atoms with van der Waals surface area (Å²) in [5.74, 6) is -0.470. The molecule has 1 aromatic carbocycles. The number of rotatable bonds is 5. The molecule has 1 heterocycles. The molecule has 6 nitrogen and oxygen atoms in total. The lowest BCUT2D eigenvalue weighted by Gasteiger charge is -2.29. The van der Waals surface area contributed by atoms with Crippen molar-refractivity contribution >= 4 is 23.6 Å². The lowest BCUT2D eigenvalue weighted by Crippen LogP contribution is -2.49. The topological polar surface area (TPSA) is 86.9 Å². The van der Waals surface area contributed by atoms with Crippen LogP contribution in [0.4, 0.5) is 11.4 Å². The highest BCUT2D eigenvalue weighted by Gasteiger charge is 2.37. The van der Waals surface area contributed by atoms with Crippen molar-refractivity contribution < 1.29 is 14.7 Å². The molecule has 0 spiro atoms. The van der Waals surface area contributed by atoms with Gasteiger partial charge in [-0.05, 0) is 31.0 Å². The quantitative estimate of drug-likeness (QED) is 0.736. The summed E-state index contributed by atoms with van der Waals surface area (Å²) >= 11 is 0. The van der Waals surface area contributed by atoms with Gasteiger partial charge in [0.25, 0.3) is 0 Å². The molecule has 2 rings (SSSR count). The number of aryl methyl sites for hydroxylation is 2. The molecule has 20 heavy (non-hydrogen) atoms. The molecule has 6 heteroatoms. The van der Waals surface area contributed by atoms with E-state index in [-0.39, 0.29) is 19.7 Å². The smallest absolute Gasteiger partial charge is 0.237 e. The maximum atomic E-state index is 11.3. The summed E-state index contributed by atoms with van der Waals surface area (Å²) in [6.45, 7) is 3.90. The molecule has 0 aliphatic carbocycles. The Bertz CT molecular complexity index is 545. The van der Waals surface area contributed by atoms with Gasteiger partial charge in [0.15, 0.2) is 0 Å². The SMILES string of the molecule is Cc1cc(C)c2c(c1)N(CC=O)C(CO)N2CC(N)=O. The Morgan fingerprint density at radius 3 is 2.65 bits per heavy atom. The number of anilines is 2. The summed E-state index contributed by atoms with van der Waals surface area (Å²) in [7, 11) is 0. The van der Waals surface area contributed by atoms with Crippen molar-refractivity contribution in [2.75, 3.05) is 29.5 Å². The number of hydrogen-bond acceptors (Lipinski definition) is 5. The van der Waals surface area contributed by atoms with Crippen LogP contribution in [0.1, 0.15) is 11.1 Å². The number of benzene rings is 1. The summed E-state index contributed by atoms with van der Waals surface area (Å²) < 4.78 is 0. The van der Waals surface area contributed by atoms with Gasteiger partial charge in [-0.25, -0.2) is 0 Å². The highest BCUT2D eigenvalue weighted by molar-refractivity contribution is 5.88. The van der Waals surface area contributed by atoms with Crippen LogP contribution in [0, 0.1) is 13.8 Å². The Morgan fingerprint density at radius 2 is 2.10 bits per heavy atom. The fourth-order valence-corrected chi connectivity index (χ4v) is 2.86. The zero-order chi connectivity index (χ0) is 14.9. The molecule has 1 atom stereocenters. The largest absolute Gasteiger partial charge is 0.392 e. The molecule has 0 aromatic heterocycles. The first-order valence-corrected chi connectivity index (χ1v) is 6.47. The zero-order valence-electron chi connectivity index (χ0n) is 11.7. The van der Waals surface area contributed by atoms with Crippen LogP contribution < -0.4 is 15.5 Å². The van der Waals surface area contributed by atoms with Gasteiger partial charge in [-0.1, -0.05) is 6.07 Å². The Balaban J connectivity index is 2.55. The molecule has 0 bridgehead atoms. The molecule has 0 saturated heterocycles. The van der Waals surface area contributed by atoms with Crippen LogP contribution in [0.25, 0.3) is 0 Å². The second-order valence-electron chi connectivity index (χ2n) is 5.03. The third-order valence-electron chi connectivity index (χ3n) is 3.50. The van der Waals surface area contributed by atoms with E-state index in [1.165, 1.54) is 0 Å². The molecule has 1 aliphatic heterocycles. The number of aldehydes is 1. The molecule has 0 radical (unpaired) electrons. The zero-order valence-corrected chi connectivity index (χ0v) is 11.7. The molecular weight excluding hydrogens is 258 g/mol. The average molecular weight is 277 g/mol. The molecule has 1 amide bonds. The number of primary amides is 1. The monoisotopic (exact) mass is 277 g/mol. The van der Waals surface area contributed by atoms with Gasteiger partial charge in [0, 0.05) is 0 Å². The standard InChI is InChI=1S/C14H19N3O3/c1-9-5-10(2)14-11(6-9)16(3-4-18)13(8-19)17(14)7-12(15)20/h4-6,13,19H,3,7-8H2,1-2H3,(H2,15,20). The van der Waals surface area contributed by atoms with E-state index in [0.29, 0.717) is 0 Å². The molecule has 1 unspecified atom stereocenters. The summed E-state index contributed by atoms with van der Waals surface area (Å²) in [6.07, 6.45) is 0.348. The van der Waals surface area contributed by atoms with Crippen LogP contribution in [0.3, 0.4) is 0 Å². The van der Waals surface area contributed by atoms with Gasteiger partial charge >= 0.3 is 0 Å². The highest BCUT2D eigenvalue weighted by atomic mass is 16.3. The Kier molecular flexibility index (Phi) is 3.94. The number of carbonyl (C=O) groups is 2. The molecule has 0 fully saturated rings. The summed E-state index contributed by atoms with van der Waals surface area (Å²) in [5, 5.41) is 9.63. The van der Waals surface area contributed by atoms with E-state index in [1.807, 2.05) is 26.0 Å². The molecule has 1 aliphatic rings. The van der Waals surface area contributed by atoms with E-state index < -0.39 is 12.1 Å². The number of hydrogen-bond donors (Lipinski definition) is 2. The van der Waals surface area contributed by atoms with Gasteiger partial charge in [-0.2, -0.15) is 0 Å². The highest BCUT2D eigenvalue weighted by Crippen LogP contribution is 2.42. The van der Waals surface area contributed by atoms with Gasteiger partial charge in [0.2, 0.25) is 5.91 Å². The minimum atomic E-state index is -0.470. The van der Waals surface area contributed by atoms with Crippen molar-refractivity contribution in [2.24, 2.45) is 5.73 Å². The van der Waals surface area contributed by atoms with Gasteiger partial charge in [0.1, 0.15) is 12.5 Å². The first-order valence-electron chi connectivity index (χ1n) is 6.47. The van der Waals surface area contributed by atoms with E-state index >= 15 is 0 Å². The first kappa shape index (κ1) is 14.3. The van der Waals surface area contributed by atoms with Crippen LogP contribution in [-0.2, 0) is 9.59 Å². The number of nitrogens with zero attached hydrogens (tertiary/aromatic N) is 2. The van der Waals surface area contributed by atoms with E-state index in [4.69, 9.17) is 5.73 Å². The maximum absolute atomic E-state index is 11.3. The fourth-order valence-electron chi connectivity index (χ4n) is 2.86. The fraction of sp³-hybridized carbons (Fsp3) is 0.429. The van der Waals surface area contributed by atoms with Crippen LogP contribution in [0.2, 0.25) is 0 Å². The predicted molar refractivity (Wildman–Crippen MR) is 76.7 cm³/mol. The third-order valence-corrected chi connectivity index (χ3v) is 3.50. The van der Waals surface area contributed by atoms with Gasteiger partial charge in [-0.3, -0.25) is 4.79 Å². The summed E-state index contributed by atoms with van der Waals surface area (Å²) in [5.41, 5.74) is 9.07. The Morgan fingerprint density at radius 1 is 1.40 bits per heavy atom. The van der Waals surface area contributed by atoms with E-state index in [9.17, 15) is 14.7 Å². The minimum absolute atomic E-state index is 0.0114. The summed E-state index contributed by atoms with van der Waals surface area (Å²) in [4.78, 5) is 25.7. The minimum Gasteiger partial charge on any atom is -0.392 e. The van der Waals surface area contributed by atoms with E-state index in [2.05, 4.69) is 0 Å². The van der Waals surface area contributed by atoms with Crippen LogP contribution in [0.15, 0.2) is 12.1 Å². The van der Waals surface area contributed by atoms with Crippen LogP contribution >= 0.6 is 0 Å². The second kappa shape index (κ2) is 5.50. The lowest BCUT2D eigenvalue weighted by molar-refractivity contribution is -0.116. The number of aliphatic hydroxyl groups is 1. The molecular formula is C14H19N3O3. The van der Waals surface area contributed by atoms with Crippen molar-refractivity contribution in [1.82, 2.24) is 0 Å². The van der Waals surface area contributed by atoms with Crippen molar-refractivity contribution in [2.45, 2.75) is 20.0 Å². The van der Waals surface area contributed by atoms with Gasteiger partial charge < -0.3 is 25.4 Å². The van der Waals surface area contributed by atoms with Crippen LogP contribution in [-0.4, -0.2) is 43.2 Å².